The fraction of sp³-hybridized carbons (Fsp3) is 0.867. The Balaban J connectivity index is 2.20. The van der Waals surface area contributed by atoms with Crippen LogP contribution in [0.3, 0.4) is 0 Å². The topological polar surface area (TPSA) is 47.0 Å². The van der Waals surface area contributed by atoms with Gasteiger partial charge in [0.1, 0.15) is 5.60 Å². The van der Waals surface area contributed by atoms with E-state index in [1.165, 1.54) is 37.2 Å². The maximum absolute atomic E-state index is 6.13. The highest BCUT2D eigenvalue weighted by atomic mass is 32.1. The normalized spacial score (nSPS) is 19.6. The van der Waals surface area contributed by atoms with Crippen molar-refractivity contribution < 1.29 is 4.74 Å². The lowest BCUT2D eigenvalue weighted by atomic mass is 9.93. The van der Waals surface area contributed by atoms with E-state index in [1.54, 1.807) is 0 Å². The van der Waals surface area contributed by atoms with E-state index < -0.39 is 0 Å². The zero-order valence-electron chi connectivity index (χ0n) is 13.2. The van der Waals surface area contributed by atoms with E-state index in [4.69, 9.17) is 9.72 Å². The highest BCUT2D eigenvalue weighted by molar-refractivity contribution is 7.09. The van der Waals surface area contributed by atoms with E-state index in [1.807, 2.05) is 0 Å². The second kappa shape index (κ2) is 6.39. The maximum Gasteiger partial charge on any atom is 0.203 e. The van der Waals surface area contributed by atoms with Gasteiger partial charge in [0.25, 0.3) is 0 Å². The van der Waals surface area contributed by atoms with Gasteiger partial charge in [-0.05, 0) is 40.5 Å². The summed E-state index contributed by atoms with van der Waals surface area (Å²) in [7, 11) is 0. The number of rotatable bonds is 4. The molecule has 0 radical (unpaired) electrons. The average molecular weight is 297 g/mol. The third-order valence-electron chi connectivity index (χ3n) is 3.65. The molecule has 0 saturated heterocycles. The number of ether oxygens (including phenoxy) is 1. The summed E-state index contributed by atoms with van der Waals surface area (Å²) in [5.74, 6) is 0.887. The number of anilines is 1. The molecule has 20 heavy (non-hydrogen) atoms. The summed E-state index contributed by atoms with van der Waals surface area (Å²) in [4.78, 5) is 4.72. The number of aromatic nitrogens is 2. The van der Waals surface area contributed by atoms with Crippen LogP contribution in [0.5, 0.6) is 0 Å². The minimum atomic E-state index is -0.250. The van der Waals surface area contributed by atoms with Gasteiger partial charge in [-0.2, -0.15) is 4.37 Å². The SMILES string of the molecule is CCOC1(c2nsc(NC(C)(C)C)n2)CCCCCC1. The van der Waals surface area contributed by atoms with Gasteiger partial charge in [-0.3, -0.25) is 0 Å². The third-order valence-corrected chi connectivity index (χ3v) is 4.28. The van der Waals surface area contributed by atoms with Crippen LogP contribution in [-0.4, -0.2) is 21.5 Å². The molecule has 1 aliphatic carbocycles. The Kier molecular flexibility index (Phi) is 5.02. The molecule has 114 valence electrons. The van der Waals surface area contributed by atoms with Crippen LogP contribution in [0.1, 0.15) is 72.0 Å². The molecule has 0 spiro atoms. The summed E-state index contributed by atoms with van der Waals surface area (Å²) in [5.41, 5.74) is -0.238. The number of hydrogen-bond donors (Lipinski definition) is 1. The largest absolute Gasteiger partial charge is 0.367 e. The zero-order valence-corrected chi connectivity index (χ0v) is 14.0. The van der Waals surface area contributed by atoms with E-state index in [-0.39, 0.29) is 11.1 Å². The lowest BCUT2D eigenvalue weighted by Gasteiger charge is -2.29. The summed E-state index contributed by atoms with van der Waals surface area (Å²) in [5, 5.41) is 4.30. The molecule has 5 heteroatoms. The van der Waals surface area contributed by atoms with Crippen LogP contribution in [-0.2, 0) is 10.3 Å². The molecule has 1 aromatic heterocycles. The van der Waals surface area contributed by atoms with E-state index >= 15 is 0 Å². The van der Waals surface area contributed by atoms with Crippen molar-refractivity contribution in [3.05, 3.63) is 5.82 Å². The van der Waals surface area contributed by atoms with Gasteiger partial charge in [0.05, 0.1) is 0 Å². The number of nitrogens with one attached hydrogen (secondary N) is 1. The summed E-state index contributed by atoms with van der Waals surface area (Å²) in [6.07, 6.45) is 7.11. The minimum Gasteiger partial charge on any atom is -0.367 e. The predicted molar refractivity (Wildman–Crippen MR) is 84.3 cm³/mol. The molecule has 0 atom stereocenters. The highest BCUT2D eigenvalue weighted by Crippen LogP contribution is 2.39. The van der Waals surface area contributed by atoms with Crippen LogP contribution in [0.15, 0.2) is 0 Å². The Hall–Kier alpha value is -0.680. The Morgan fingerprint density at radius 2 is 1.85 bits per heavy atom. The molecule has 1 saturated carbocycles. The molecule has 4 nitrogen and oxygen atoms in total. The highest BCUT2D eigenvalue weighted by Gasteiger charge is 2.37. The van der Waals surface area contributed by atoms with Crippen molar-refractivity contribution in [3.8, 4) is 0 Å². The monoisotopic (exact) mass is 297 g/mol. The molecular weight excluding hydrogens is 270 g/mol. The molecule has 0 unspecified atom stereocenters. The van der Waals surface area contributed by atoms with Crippen LogP contribution in [0, 0.1) is 0 Å². The summed E-state index contributed by atoms with van der Waals surface area (Å²) in [6.45, 7) is 9.20. The number of nitrogens with zero attached hydrogens (tertiary/aromatic N) is 2. The minimum absolute atomic E-state index is 0.0129. The van der Waals surface area contributed by atoms with Crippen LogP contribution in [0.25, 0.3) is 0 Å². The van der Waals surface area contributed by atoms with Gasteiger partial charge in [0.2, 0.25) is 5.13 Å². The first-order chi connectivity index (χ1) is 9.45. The average Bonchev–Trinajstić information content (AvgIpc) is 2.67. The summed E-state index contributed by atoms with van der Waals surface area (Å²) >= 11 is 1.45. The maximum atomic E-state index is 6.13. The summed E-state index contributed by atoms with van der Waals surface area (Å²) < 4.78 is 10.7. The molecular formula is C15H27N3OS. The fourth-order valence-electron chi connectivity index (χ4n) is 2.79. The van der Waals surface area contributed by atoms with Crippen molar-refractivity contribution in [3.63, 3.8) is 0 Å². The van der Waals surface area contributed by atoms with Crippen molar-refractivity contribution in [1.82, 2.24) is 9.36 Å². The molecule has 1 aromatic rings. The van der Waals surface area contributed by atoms with Crippen LogP contribution >= 0.6 is 11.5 Å². The van der Waals surface area contributed by atoms with Gasteiger partial charge < -0.3 is 10.1 Å². The van der Waals surface area contributed by atoms with Crippen molar-refractivity contribution in [2.45, 2.75) is 77.4 Å². The van der Waals surface area contributed by atoms with E-state index in [2.05, 4.69) is 37.4 Å². The Morgan fingerprint density at radius 3 is 2.40 bits per heavy atom. The van der Waals surface area contributed by atoms with Gasteiger partial charge in [-0.1, -0.05) is 25.7 Å². The fourth-order valence-corrected chi connectivity index (χ4v) is 3.65. The van der Waals surface area contributed by atoms with E-state index in [9.17, 15) is 0 Å². The van der Waals surface area contributed by atoms with Crippen molar-refractivity contribution in [1.29, 1.82) is 0 Å². The lowest BCUT2D eigenvalue weighted by Crippen LogP contribution is -2.31. The van der Waals surface area contributed by atoms with Crippen LogP contribution in [0.4, 0.5) is 5.13 Å². The van der Waals surface area contributed by atoms with Gasteiger partial charge in [0, 0.05) is 23.7 Å². The van der Waals surface area contributed by atoms with Crippen molar-refractivity contribution in [2.75, 3.05) is 11.9 Å². The van der Waals surface area contributed by atoms with E-state index in [0.29, 0.717) is 0 Å². The van der Waals surface area contributed by atoms with Crippen LogP contribution < -0.4 is 5.32 Å². The smallest absolute Gasteiger partial charge is 0.203 e. The van der Waals surface area contributed by atoms with Gasteiger partial charge >= 0.3 is 0 Å². The Labute approximate surface area is 126 Å². The standard InChI is InChI=1S/C15H27N3OS/c1-5-19-15(10-8-6-7-9-11-15)12-16-13(20-18-12)17-14(2,3)4/h5-11H2,1-4H3,(H,16,17,18). The molecule has 0 aromatic carbocycles. The molecule has 1 heterocycles. The second-order valence-electron chi connectivity index (χ2n) is 6.64. The molecule has 0 aliphatic heterocycles. The van der Waals surface area contributed by atoms with Gasteiger partial charge in [-0.25, -0.2) is 4.98 Å². The first-order valence-corrected chi connectivity index (χ1v) is 8.49. The Morgan fingerprint density at radius 1 is 1.20 bits per heavy atom. The lowest BCUT2D eigenvalue weighted by molar-refractivity contribution is -0.0615. The van der Waals surface area contributed by atoms with Crippen LogP contribution in [0.2, 0.25) is 0 Å². The molecule has 1 N–H and O–H groups in total. The Bertz CT molecular complexity index is 417. The first kappa shape index (κ1) is 15.7. The zero-order chi connectivity index (χ0) is 14.6. The third kappa shape index (κ3) is 3.92. The molecule has 1 aliphatic rings. The van der Waals surface area contributed by atoms with Crippen molar-refractivity contribution in [2.24, 2.45) is 0 Å². The molecule has 1 fully saturated rings. The van der Waals surface area contributed by atoms with Crippen molar-refractivity contribution >= 4 is 16.7 Å². The number of hydrogen-bond acceptors (Lipinski definition) is 5. The van der Waals surface area contributed by atoms with Gasteiger partial charge in [-0.15, -0.1) is 0 Å². The first-order valence-electron chi connectivity index (χ1n) is 7.71. The summed E-state index contributed by atoms with van der Waals surface area (Å²) in [6, 6.07) is 0. The predicted octanol–water partition coefficient (Wildman–Crippen LogP) is 4.33. The molecule has 2 rings (SSSR count). The van der Waals surface area contributed by atoms with E-state index in [0.717, 1.165) is 30.4 Å². The second-order valence-corrected chi connectivity index (χ2v) is 7.39. The quantitative estimate of drug-likeness (QED) is 0.840. The molecule has 0 bridgehead atoms. The van der Waals surface area contributed by atoms with Gasteiger partial charge in [0.15, 0.2) is 5.82 Å². The molecule has 0 amide bonds.